The van der Waals surface area contributed by atoms with E-state index in [0.717, 1.165) is 5.92 Å². The molecule has 1 fully saturated rings. The first-order valence-corrected chi connectivity index (χ1v) is 7.11. The smallest absolute Gasteiger partial charge is 0.00339 e. The minimum Gasteiger partial charge on any atom is -0.0928 e. The molecule has 1 saturated carbocycles. The van der Waals surface area contributed by atoms with Gasteiger partial charge in [0.1, 0.15) is 0 Å². The molecule has 0 aromatic rings. The molecule has 1 rings (SSSR count). The van der Waals surface area contributed by atoms with Crippen LogP contribution in [0.4, 0.5) is 0 Å². The van der Waals surface area contributed by atoms with Crippen LogP contribution in [0.1, 0.15) is 64.2 Å². The predicted octanol–water partition coefficient (Wildman–Crippen LogP) is 4.91. The lowest BCUT2D eigenvalue weighted by atomic mass is 9.91. The molecule has 0 N–H and O–H groups in total. The molecule has 0 heterocycles. The van der Waals surface area contributed by atoms with E-state index in [1.54, 1.807) is 0 Å². The van der Waals surface area contributed by atoms with Crippen LogP contribution in [-0.2, 0) is 0 Å². The highest BCUT2D eigenvalue weighted by molar-refractivity contribution is 9.09. The summed E-state index contributed by atoms with van der Waals surface area (Å²) in [5.74, 6) is 1.03. The summed E-state index contributed by atoms with van der Waals surface area (Å²) in [6.45, 7) is 0. The third kappa shape index (κ3) is 5.72. The topological polar surface area (TPSA) is 0 Å². The molecule has 13 heavy (non-hydrogen) atoms. The zero-order chi connectivity index (χ0) is 9.36. The Kier molecular flexibility index (Phi) is 6.97. The van der Waals surface area contributed by atoms with Crippen LogP contribution in [0, 0.1) is 5.92 Å². The second-order valence-corrected chi connectivity index (χ2v) is 5.19. The highest BCUT2D eigenvalue weighted by Gasteiger charge is 2.08. The van der Waals surface area contributed by atoms with Crippen molar-refractivity contribution in [3.63, 3.8) is 0 Å². The van der Waals surface area contributed by atoms with Crippen molar-refractivity contribution in [2.75, 3.05) is 5.33 Å². The maximum absolute atomic E-state index is 3.56. The molecule has 0 aromatic heterocycles. The van der Waals surface area contributed by atoms with Crippen molar-refractivity contribution in [3.05, 3.63) is 0 Å². The first-order chi connectivity index (χ1) is 6.43. The SMILES string of the molecule is BrCCC1CCCCCCCCC1. The molecule has 0 aliphatic heterocycles. The quantitative estimate of drug-likeness (QED) is 0.608. The molecule has 1 heteroatoms. The largest absolute Gasteiger partial charge is 0.0928 e. The first-order valence-electron chi connectivity index (χ1n) is 5.99. The molecule has 0 aromatic carbocycles. The maximum atomic E-state index is 3.56. The van der Waals surface area contributed by atoms with E-state index in [-0.39, 0.29) is 0 Å². The second-order valence-electron chi connectivity index (χ2n) is 4.40. The Morgan fingerprint density at radius 2 is 1.23 bits per heavy atom. The lowest BCUT2D eigenvalue weighted by molar-refractivity contribution is 0.382. The van der Waals surface area contributed by atoms with Crippen LogP contribution in [0.25, 0.3) is 0 Å². The van der Waals surface area contributed by atoms with Gasteiger partial charge >= 0.3 is 0 Å². The summed E-state index contributed by atoms with van der Waals surface area (Å²) in [6.07, 6.45) is 14.8. The number of hydrogen-bond donors (Lipinski definition) is 0. The van der Waals surface area contributed by atoms with Gasteiger partial charge in [-0.3, -0.25) is 0 Å². The van der Waals surface area contributed by atoms with E-state index in [1.165, 1.54) is 69.5 Å². The molecule has 0 saturated heterocycles. The van der Waals surface area contributed by atoms with E-state index in [9.17, 15) is 0 Å². The Morgan fingerprint density at radius 1 is 0.769 bits per heavy atom. The molecule has 1 aliphatic rings. The van der Waals surface area contributed by atoms with Crippen LogP contribution in [0.3, 0.4) is 0 Å². The van der Waals surface area contributed by atoms with Gasteiger partial charge in [0, 0.05) is 5.33 Å². The van der Waals surface area contributed by atoms with Gasteiger partial charge in [-0.05, 0) is 12.3 Å². The number of rotatable bonds is 2. The highest BCUT2D eigenvalue weighted by atomic mass is 79.9. The summed E-state index contributed by atoms with van der Waals surface area (Å²) in [5.41, 5.74) is 0. The molecule has 0 nitrogen and oxygen atoms in total. The molecule has 78 valence electrons. The van der Waals surface area contributed by atoms with Crippen molar-refractivity contribution in [3.8, 4) is 0 Å². The molecule has 0 unspecified atom stereocenters. The van der Waals surface area contributed by atoms with Crippen molar-refractivity contribution in [2.45, 2.75) is 64.2 Å². The average Bonchev–Trinajstić information content (AvgIpc) is 2.16. The fraction of sp³-hybridized carbons (Fsp3) is 1.00. The van der Waals surface area contributed by atoms with Gasteiger partial charge in [0.25, 0.3) is 0 Å². The highest BCUT2D eigenvalue weighted by Crippen LogP contribution is 2.24. The monoisotopic (exact) mass is 246 g/mol. The number of halogens is 1. The zero-order valence-corrected chi connectivity index (χ0v) is 10.3. The van der Waals surface area contributed by atoms with Gasteiger partial charge in [0.15, 0.2) is 0 Å². The standard InChI is InChI=1S/C12H23Br/c13-11-10-12-8-6-4-2-1-3-5-7-9-12/h12H,1-11H2. The van der Waals surface area contributed by atoms with Crippen molar-refractivity contribution in [2.24, 2.45) is 5.92 Å². The van der Waals surface area contributed by atoms with Crippen molar-refractivity contribution in [1.82, 2.24) is 0 Å². The second kappa shape index (κ2) is 7.84. The van der Waals surface area contributed by atoms with Crippen LogP contribution >= 0.6 is 15.9 Å². The van der Waals surface area contributed by atoms with Gasteiger partial charge in [-0.1, -0.05) is 73.7 Å². The molecule has 0 bridgehead atoms. The van der Waals surface area contributed by atoms with Gasteiger partial charge in [-0.25, -0.2) is 0 Å². The first kappa shape index (κ1) is 11.6. The summed E-state index contributed by atoms with van der Waals surface area (Å²) in [4.78, 5) is 0. The molecular formula is C12H23Br. The number of hydrogen-bond acceptors (Lipinski definition) is 0. The minimum absolute atomic E-state index is 1.03. The maximum Gasteiger partial charge on any atom is 0.00339 e. The number of alkyl halides is 1. The van der Waals surface area contributed by atoms with Crippen LogP contribution in [0.5, 0.6) is 0 Å². The Bertz CT molecular complexity index is 102. The van der Waals surface area contributed by atoms with E-state index >= 15 is 0 Å². The van der Waals surface area contributed by atoms with Crippen molar-refractivity contribution < 1.29 is 0 Å². The van der Waals surface area contributed by atoms with Crippen LogP contribution in [0.15, 0.2) is 0 Å². The Labute approximate surface area is 91.6 Å². The van der Waals surface area contributed by atoms with E-state index in [4.69, 9.17) is 0 Å². The van der Waals surface area contributed by atoms with Gasteiger partial charge in [0.2, 0.25) is 0 Å². The van der Waals surface area contributed by atoms with Gasteiger partial charge < -0.3 is 0 Å². The summed E-state index contributed by atoms with van der Waals surface area (Å²) in [7, 11) is 0. The fourth-order valence-electron chi connectivity index (χ4n) is 2.34. The third-order valence-electron chi connectivity index (χ3n) is 3.24. The predicted molar refractivity (Wildman–Crippen MR) is 63.5 cm³/mol. The Morgan fingerprint density at radius 3 is 1.69 bits per heavy atom. The van der Waals surface area contributed by atoms with E-state index in [0.29, 0.717) is 0 Å². The lowest BCUT2D eigenvalue weighted by Gasteiger charge is -2.17. The van der Waals surface area contributed by atoms with E-state index in [2.05, 4.69) is 15.9 Å². The molecule has 1 aliphatic carbocycles. The third-order valence-corrected chi connectivity index (χ3v) is 3.70. The summed E-state index contributed by atoms with van der Waals surface area (Å²) in [5, 5.41) is 1.21. The Balaban J connectivity index is 2.18. The molecule has 0 spiro atoms. The summed E-state index contributed by atoms with van der Waals surface area (Å²) < 4.78 is 0. The van der Waals surface area contributed by atoms with Crippen molar-refractivity contribution >= 4 is 15.9 Å². The summed E-state index contributed by atoms with van der Waals surface area (Å²) in [6, 6.07) is 0. The molecule has 0 amide bonds. The van der Waals surface area contributed by atoms with Crippen LogP contribution < -0.4 is 0 Å². The fourth-order valence-corrected chi connectivity index (χ4v) is 2.98. The van der Waals surface area contributed by atoms with Crippen LogP contribution in [-0.4, -0.2) is 5.33 Å². The van der Waals surface area contributed by atoms with E-state index < -0.39 is 0 Å². The molecule has 0 radical (unpaired) electrons. The van der Waals surface area contributed by atoms with Crippen LogP contribution in [0.2, 0.25) is 0 Å². The average molecular weight is 247 g/mol. The van der Waals surface area contributed by atoms with Crippen molar-refractivity contribution in [1.29, 1.82) is 0 Å². The molecule has 0 atom stereocenters. The molecular weight excluding hydrogens is 224 g/mol. The normalized spacial score (nSPS) is 22.8. The van der Waals surface area contributed by atoms with Gasteiger partial charge in [-0.2, -0.15) is 0 Å². The van der Waals surface area contributed by atoms with Gasteiger partial charge in [0.05, 0.1) is 0 Å². The zero-order valence-electron chi connectivity index (χ0n) is 8.73. The minimum atomic E-state index is 1.03. The van der Waals surface area contributed by atoms with Gasteiger partial charge in [-0.15, -0.1) is 0 Å². The summed E-state index contributed by atoms with van der Waals surface area (Å²) >= 11 is 3.56. The Hall–Kier alpha value is 0.480. The van der Waals surface area contributed by atoms with E-state index in [1.807, 2.05) is 0 Å². The lowest BCUT2D eigenvalue weighted by Crippen LogP contribution is -2.02.